The van der Waals surface area contributed by atoms with E-state index in [0.717, 1.165) is 43.3 Å². The summed E-state index contributed by atoms with van der Waals surface area (Å²) in [6, 6.07) is 10.1. The van der Waals surface area contributed by atoms with Crippen molar-refractivity contribution in [1.82, 2.24) is 20.1 Å². The lowest BCUT2D eigenvalue weighted by molar-refractivity contribution is 0.193. The molecule has 27 heavy (non-hydrogen) atoms. The van der Waals surface area contributed by atoms with E-state index in [0.29, 0.717) is 24.2 Å². The SMILES string of the molecule is CCN(Cc1nc(-c2cccc(C)c2)no1)c1cc([C@H]2CCOC2)ncn1. The average molecular weight is 365 g/mol. The molecule has 0 saturated carbocycles. The van der Waals surface area contributed by atoms with Crippen LogP contribution in [0.15, 0.2) is 41.2 Å². The maximum atomic E-state index is 5.48. The van der Waals surface area contributed by atoms with Crippen LogP contribution in [0.3, 0.4) is 0 Å². The Morgan fingerprint density at radius 1 is 1.22 bits per heavy atom. The summed E-state index contributed by atoms with van der Waals surface area (Å²) in [4.78, 5) is 15.5. The highest BCUT2D eigenvalue weighted by Crippen LogP contribution is 2.26. The lowest BCUT2D eigenvalue weighted by Crippen LogP contribution is -2.23. The fraction of sp³-hybridized carbons (Fsp3) is 0.400. The maximum absolute atomic E-state index is 5.48. The number of aromatic nitrogens is 4. The zero-order valence-corrected chi connectivity index (χ0v) is 15.6. The van der Waals surface area contributed by atoms with Crippen LogP contribution >= 0.6 is 0 Å². The summed E-state index contributed by atoms with van der Waals surface area (Å²) in [5, 5.41) is 4.13. The molecule has 3 heterocycles. The van der Waals surface area contributed by atoms with Gasteiger partial charge in [-0.3, -0.25) is 0 Å². The highest BCUT2D eigenvalue weighted by atomic mass is 16.5. The Morgan fingerprint density at radius 3 is 2.93 bits per heavy atom. The first-order valence-corrected chi connectivity index (χ1v) is 9.27. The molecule has 7 heteroatoms. The average Bonchev–Trinajstić information content (AvgIpc) is 3.38. The van der Waals surface area contributed by atoms with Crippen LogP contribution in [0, 0.1) is 6.92 Å². The van der Waals surface area contributed by atoms with Crippen molar-refractivity contribution >= 4 is 5.82 Å². The number of nitrogens with zero attached hydrogens (tertiary/aromatic N) is 5. The predicted octanol–water partition coefficient (Wildman–Crippen LogP) is 3.37. The summed E-state index contributed by atoms with van der Waals surface area (Å²) in [5.74, 6) is 2.39. The van der Waals surface area contributed by atoms with Gasteiger partial charge in [-0.1, -0.05) is 28.9 Å². The fourth-order valence-electron chi connectivity index (χ4n) is 3.26. The monoisotopic (exact) mass is 365 g/mol. The molecule has 1 aromatic carbocycles. The van der Waals surface area contributed by atoms with E-state index in [1.165, 1.54) is 5.56 Å². The van der Waals surface area contributed by atoms with E-state index in [4.69, 9.17) is 9.26 Å². The van der Waals surface area contributed by atoms with Crippen molar-refractivity contribution in [3.63, 3.8) is 0 Å². The second-order valence-corrected chi connectivity index (χ2v) is 6.76. The number of hydrogen-bond acceptors (Lipinski definition) is 7. The predicted molar refractivity (Wildman–Crippen MR) is 101 cm³/mol. The first-order chi connectivity index (χ1) is 13.2. The van der Waals surface area contributed by atoms with Gasteiger partial charge < -0.3 is 14.2 Å². The van der Waals surface area contributed by atoms with Crippen LogP contribution in [0.5, 0.6) is 0 Å². The molecule has 1 atom stereocenters. The molecular weight excluding hydrogens is 342 g/mol. The van der Waals surface area contributed by atoms with Crippen molar-refractivity contribution in [2.75, 3.05) is 24.7 Å². The molecule has 0 unspecified atom stereocenters. The summed E-state index contributed by atoms with van der Waals surface area (Å²) < 4.78 is 11.0. The summed E-state index contributed by atoms with van der Waals surface area (Å²) >= 11 is 0. The van der Waals surface area contributed by atoms with E-state index in [2.05, 4.69) is 31.9 Å². The molecule has 0 radical (unpaired) electrons. The van der Waals surface area contributed by atoms with Gasteiger partial charge in [0.15, 0.2) is 0 Å². The van der Waals surface area contributed by atoms with Crippen LogP contribution in [0.2, 0.25) is 0 Å². The van der Waals surface area contributed by atoms with E-state index in [1.54, 1.807) is 6.33 Å². The Kier molecular flexibility index (Phi) is 5.11. The van der Waals surface area contributed by atoms with Crippen LogP contribution in [-0.2, 0) is 11.3 Å². The molecule has 140 valence electrons. The standard InChI is InChI=1S/C20H23N5O2/c1-3-25(18-10-17(21-13-22-18)16-7-8-26-12-16)11-19-23-20(24-27-19)15-6-4-5-14(2)9-15/h4-6,9-10,13,16H,3,7-8,11-12H2,1-2H3/t16-/m0/s1. The number of ether oxygens (including phenoxy) is 1. The molecule has 1 saturated heterocycles. The van der Waals surface area contributed by atoms with Crippen molar-refractivity contribution < 1.29 is 9.26 Å². The number of aryl methyl sites for hydroxylation is 1. The Balaban J connectivity index is 1.52. The largest absolute Gasteiger partial charge is 0.381 e. The molecule has 1 fully saturated rings. The van der Waals surface area contributed by atoms with Crippen LogP contribution in [0.1, 0.15) is 36.4 Å². The Morgan fingerprint density at radius 2 is 2.15 bits per heavy atom. The lowest BCUT2D eigenvalue weighted by Gasteiger charge is -2.20. The Bertz CT molecular complexity index is 905. The van der Waals surface area contributed by atoms with E-state index >= 15 is 0 Å². The van der Waals surface area contributed by atoms with Crippen LogP contribution in [0.25, 0.3) is 11.4 Å². The number of benzene rings is 1. The Labute approximate surface area is 158 Å². The third-order valence-electron chi connectivity index (χ3n) is 4.80. The van der Waals surface area contributed by atoms with Crippen molar-refractivity contribution in [3.8, 4) is 11.4 Å². The molecule has 7 nitrogen and oxygen atoms in total. The highest BCUT2D eigenvalue weighted by molar-refractivity contribution is 5.55. The van der Waals surface area contributed by atoms with E-state index in [-0.39, 0.29) is 0 Å². The molecule has 0 spiro atoms. The van der Waals surface area contributed by atoms with Gasteiger partial charge in [0.2, 0.25) is 11.7 Å². The summed E-state index contributed by atoms with van der Waals surface area (Å²) in [7, 11) is 0. The topological polar surface area (TPSA) is 77.2 Å². The van der Waals surface area contributed by atoms with Crippen molar-refractivity contribution in [3.05, 3.63) is 53.8 Å². The van der Waals surface area contributed by atoms with Crippen molar-refractivity contribution in [1.29, 1.82) is 0 Å². The van der Waals surface area contributed by atoms with E-state index in [9.17, 15) is 0 Å². The second-order valence-electron chi connectivity index (χ2n) is 6.76. The molecule has 0 amide bonds. The van der Waals surface area contributed by atoms with Crippen LogP contribution in [0.4, 0.5) is 5.82 Å². The van der Waals surface area contributed by atoms with Gasteiger partial charge in [0, 0.05) is 30.7 Å². The normalized spacial score (nSPS) is 16.6. The minimum atomic E-state index is 0.349. The molecule has 1 aliphatic rings. The van der Waals surface area contributed by atoms with Gasteiger partial charge >= 0.3 is 0 Å². The third kappa shape index (κ3) is 3.98. The first kappa shape index (κ1) is 17.6. The molecule has 0 bridgehead atoms. The van der Waals surface area contributed by atoms with Crippen LogP contribution < -0.4 is 4.90 Å². The molecule has 1 aliphatic heterocycles. The van der Waals surface area contributed by atoms with Crippen molar-refractivity contribution in [2.24, 2.45) is 0 Å². The summed E-state index contributed by atoms with van der Waals surface area (Å²) in [6.07, 6.45) is 2.63. The third-order valence-corrected chi connectivity index (χ3v) is 4.80. The zero-order valence-electron chi connectivity index (χ0n) is 15.6. The summed E-state index contributed by atoms with van der Waals surface area (Å²) in [5.41, 5.74) is 3.15. The molecule has 0 aliphatic carbocycles. The van der Waals surface area contributed by atoms with Gasteiger partial charge in [0.25, 0.3) is 0 Å². The maximum Gasteiger partial charge on any atom is 0.246 e. The first-order valence-electron chi connectivity index (χ1n) is 9.27. The smallest absolute Gasteiger partial charge is 0.246 e. The minimum absolute atomic E-state index is 0.349. The summed E-state index contributed by atoms with van der Waals surface area (Å²) in [6.45, 7) is 6.94. The highest BCUT2D eigenvalue weighted by Gasteiger charge is 2.21. The van der Waals surface area contributed by atoms with Gasteiger partial charge in [0.05, 0.1) is 18.8 Å². The quantitative estimate of drug-likeness (QED) is 0.663. The van der Waals surface area contributed by atoms with Crippen molar-refractivity contribution in [2.45, 2.75) is 32.7 Å². The molecule has 2 aromatic heterocycles. The number of rotatable bonds is 6. The van der Waals surface area contributed by atoms with Gasteiger partial charge in [-0.25, -0.2) is 9.97 Å². The fourth-order valence-corrected chi connectivity index (χ4v) is 3.26. The molecular formula is C20H23N5O2. The van der Waals surface area contributed by atoms with Crippen LogP contribution in [-0.4, -0.2) is 39.9 Å². The van der Waals surface area contributed by atoms with Gasteiger partial charge in [-0.2, -0.15) is 4.98 Å². The Hall–Kier alpha value is -2.80. The number of hydrogen-bond donors (Lipinski definition) is 0. The second kappa shape index (κ2) is 7.84. The zero-order chi connectivity index (χ0) is 18.6. The number of anilines is 1. The molecule has 4 rings (SSSR count). The molecule has 3 aromatic rings. The van der Waals surface area contributed by atoms with Gasteiger partial charge in [-0.15, -0.1) is 0 Å². The van der Waals surface area contributed by atoms with Gasteiger partial charge in [0.1, 0.15) is 12.1 Å². The van der Waals surface area contributed by atoms with E-state index in [1.807, 2.05) is 37.3 Å². The lowest BCUT2D eigenvalue weighted by atomic mass is 10.0. The van der Waals surface area contributed by atoms with Gasteiger partial charge in [-0.05, 0) is 26.3 Å². The van der Waals surface area contributed by atoms with E-state index < -0.39 is 0 Å². The minimum Gasteiger partial charge on any atom is -0.381 e. The molecule has 0 N–H and O–H groups in total.